The molecule has 0 heterocycles. The molecule has 2 atom stereocenters. The zero-order chi connectivity index (χ0) is 16.0. The molecule has 21 heavy (non-hydrogen) atoms. The van der Waals surface area contributed by atoms with Gasteiger partial charge in [0.05, 0.1) is 6.10 Å². The van der Waals surface area contributed by atoms with Gasteiger partial charge in [-0.2, -0.15) is 0 Å². The third-order valence-electron chi connectivity index (χ3n) is 4.50. The lowest BCUT2D eigenvalue weighted by molar-refractivity contribution is 0.0989. The second kappa shape index (κ2) is 7.95. The number of hydrogen-bond donors (Lipinski definition) is 2. The summed E-state index contributed by atoms with van der Waals surface area (Å²) in [6, 6.07) is 9.09. The van der Waals surface area contributed by atoms with E-state index in [4.69, 9.17) is 0 Å². The maximum absolute atomic E-state index is 10.2. The van der Waals surface area contributed by atoms with Crippen LogP contribution in [0.2, 0.25) is 0 Å². The number of nitrogens with one attached hydrogen (secondary N) is 1. The highest BCUT2D eigenvalue weighted by atomic mass is 16.3. The fourth-order valence-electron chi connectivity index (χ4n) is 2.69. The zero-order valence-electron chi connectivity index (χ0n) is 14.6. The third kappa shape index (κ3) is 5.44. The molecule has 1 aromatic rings. The number of hydrogen-bond acceptors (Lipinski definition) is 2. The Morgan fingerprint density at radius 1 is 1.05 bits per heavy atom. The molecule has 1 rings (SSSR count). The van der Waals surface area contributed by atoms with E-state index in [1.807, 2.05) is 0 Å². The van der Waals surface area contributed by atoms with Crippen molar-refractivity contribution >= 4 is 0 Å². The fraction of sp³-hybridized carbons (Fsp3) is 0.684. The number of aliphatic hydroxyl groups is 1. The second-order valence-electron chi connectivity index (χ2n) is 7.15. The Morgan fingerprint density at radius 2 is 1.57 bits per heavy atom. The van der Waals surface area contributed by atoms with Crippen LogP contribution in [0.4, 0.5) is 0 Å². The normalized spacial score (nSPS) is 15.2. The van der Waals surface area contributed by atoms with E-state index in [9.17, 15) is 5.11 Å². The van der Waals surface area contributed by atoms with Crippen molar-refractivity contribution in [2.75, 3.05) is 6.54 Å². The summed E-state index contributed by atoms with van der Waals surface area (Å²) in [5, 5.41) is 13.6. The van der Waals surface area contributed by atoms with Crippen LogP contribution >= 0.6 is 0 Å². The van der Waals surface area contributed by atoms with E-state index in [0.717, 1.165) is 12.8 Å². The van der Waals surface area contributed by atoms with Crippen molar-refractivity contribution in [2.24, 2.45) is 5.92 Å². The predicted molar refractivity (Wildman–Crippen MR) is 91.6 cm³/mol. The first-order valence-electron chi connectivity index (χ1n) is 8.31. The first-order chi connectivity index (χ1) is 9.79. The van der Waals surface area contributed by atoms with Gasteiger partial charge in [0.2, 0.25) is 0 Å². The highest BCUT2D eigenvalue weighted by Gasteiger charge is 2.17. The Hall–Kier alpha value is -0.860. The van der Waals surface area contributed by atoms with Crippen LogP contribution in [-0.2, 0) is 5.41 Å². The van der Waals surface area contributed by atoms with E-state index in [2.05, 4.69) is 71.1 Å². The van der Waals surface area contributed by atoms with Crippen molar-refractivity contribution in [3.8, 4) is 0 Å². The van der Waals surface area contributed by atoms with E-state index in [-0.39, 0.29) is 17.6 Å². The summed E-state index contributed by atoms with van der Waals surface area (Å²) in [4.78, 5) is 0. The van der Waals surface area contributed by atoms with Crippen molar-refractivity contribution in [3.05, 3.63) is 35.4 Å². The predicted octanol–water partition coefficient (Wildman–Crippen LogP) is 4.43. The van der Waals surface area contributed by atoms with Crippen molar-refractivity contribution in [1.82, 2.24) is 5.32 Å². The average Bonchev–Trinajstić information content (AvgIpc) is 2.45. The molecule has 0 aliphatic carbocycles. The minimum atomic E-state index is -0.253. The molecule has 120 valence electrons. The molecule has 0 saturated heterocycles. The fourth-order valence-corrected chi connectivity index (χ4v) is 2.69. The first-order valence-corrected chi connectivity index (χ1v) is 8.31. The summed E-state index contributed by atoms with van der Waals surface area (Å²) in [5.41, 5.74) is 2.83. The van der Waals surface area contributed by atoms with E-state index in [1.165, 1.54) is 11.1 Å². The van der Waals surface area contributed by atoms with Crippen molar-refractivity contribution in [2.45, 2.75) is 71.9 Å². The summed E-state index contributed by atoms with van der Waals surface area (Å²) in [5.74, 6) is 0.396. The lowest BCUT2D eigenvalue weighted by atomic mass is 9.86. The van der Waals surface area contributed by atoms with E-state index < -0.39 is 0 Å². The van der Waals surface area contributed by atoms with Crippen LogP contribution in [-0.4, -0.2) is 17.8 Å². The van der Waals surface area contributed by atoms with Gasteiger partial charge in [0.25, 0.3) is 0 Å². The lowest BCUT2D eigenvalue weighted by Gasteiger charge is -2.24. The van der Waals surface area contributed by atoms with Crippen LogP contribution < -0.4 is 5.32 Å². The standard InChI is InChI=1S/C19H33NO/c1-7-15(8-2)18(21)13-20-14(3)16-9-11-17(12-10-16)19(4,5)6/h9-12,14-15,18,20-21H,7-8,13H2,1-6H3. The average molecular weight is 291 g/mol. The van der Waals surface area contributed by atoms with Gasteiger partial charge in [-0.05, 0) is 29.4 Å². The van der Waals surface area contributed by atoms with Gasteiger partial charge in [0.1, 0.15) is 0 Å². The molecule has 0 spiro atoms. The van der Waals surface area contributed by atoms with Gasteiger partial charge in [-0.25, -0.2) is 0 Å². The first kappa shape index (κ1) is 18.2. The lowest BCUT2D eigenvalue weighted by Crippen LogP contribution is -2.34. The maximum Gasteiger partial charge on any atom is 0.0692 e. The minimum absolute atomic E-state index is 0.195. The van der Waals surface area contributed by atoms with Crippen molar-refractivity contribution < 1.29 is 5.11 Å². The van der Waals surface area contributed by atoms with Gasteiger partial charge < -0.3 is 10.4 Å². The van der Waals surface area contributed by atoms with Gasteiger partial charge >= 0.3 is 0 Å². The quantitative estimate of drug-likeness (QED) is 0.779. The minimum Gasteiger partial charge on any atom is -0.392 e. The zero-order valence-corrected chi connectivity index (χ0v) is 14.6. The molecular weight excluding hydrogens is 258 g/mol. The van der Waals surface area contributed by atoms with E-state index in [1.54, 1.807) is 0 Å². The van der Waals surface area contributed by atoms with Crippen LogP contribution in [0.5, 0.6) is 0 Å². The molecule has 0 aliphatic heterocycles. The Kier molecular flexibility index (Phi) is 6.89. The van der Waals surface area contributed by atoms with Crippen molar-refractivity contribution in [3.63, 3.8) is 0 Å². The van der Waals surface area contributed by atoms with Crippen LogP contribution in [0.25, 0.3) is 0 Å². The highest BCUT2D eigenvalue weighted by molar-refractivity contribution is 5.29. The molecule has 0 aromatic heterocycles. The molecule has 2 heteroatoms. The molecule has 0 bridgehead atoms. The SMILES string of the molecule is CCC(CC)C(O)CNC(C)c1ccc(C(C)(C)C)cc1. The van der Waals surface area contributed by atoms with Gasteiger partial charge in [-0.1, -0.05) is 71.7 Å². The van der Waals surface area contributed by atoms with E-state index in [0.29, 0.717) is 12.5 Å². The van der Waals surface area contributed by atoms with Crippen LogP contribution in [0.1, 0.15) is 71.6 Å². The molecule has 2 N–H and O–H groups in total. The number of benzene rings is 1. The van der Waals surface area contributed by atoms with Gasteiger partial charge in [-0.15, -0.1) is 0 Å². The monoisotopic (exact) mass is 291 g/mol. The van der Waals surface area contributed by atoms with Gasteiger partial charge in [0.15, 0.2) is 0 Å². The maximum atomic E-state index is 10.2. The largest absolute Gasteiger partial charge is 0.392 e. The number of aliphatic hydroxyl groups excluding tert-OH is 1. The summed E-state index contributed by atoms with van der Waals surface area (Å²) >= 11 is 0. The molecule has 2 nitrogen and oxygen atoms in total. The third-order valence-corrected chi connectivity index (χ3v) is 4.50. The Bertz CT molecular complexity index is 401. The molecule has 0 aliphatic rings. The smallest absolute Gasteiger partial charge is 0.0692 e. The molecular formula is C19H33NO. The van der Waals surface area contributed by atoms with Gasteiger partial charge in [-0.3, -0.25) is 0 Å². The van der Waals surface area contributed by atoms with Crippen LogP contribution in [0.3, 0.4) is 0 Å². The summed E-state index contributed by atoms with van der Waals surface area (Å²) in [6.45, 7) is 13.8. The Balaban J connectivity index is 2.58. The highest BCUT2D eigenvalue weighted by Crippen LogP contribution is 2.24. The van der Waals surface area contributed by atoms with E-state index >= 15 is 0 Å². The molecule has 0 radical (unpaired) electrons. The molecule has 0 saturated carbocycles. The second-order valence-corrected chi connectivity index (χ2v) is 7.15. The summed E-state index contributed by atoms with van der Waals surface area (Å²) < 4.78 is 0. The molecule has 0 amide bonds. The Labute approximate surface area is 131 Å². The Morgan fingerprint density at radius 3 is 2.00 bits per heavy atom. The molecule has 0 fully saturated rings. The van der Waals surface area contributed by atoms with Gasteiger partial charge in [0, 0.05) is 12.6 Å². The van der Waals surface area contributed by atoms with Crippen LogP contribution in [0, 0.1) is 5.92 Å². The van der Waals surface area contributed by atoms with Crippen LogP contribution in [0.15, 0.2) is 24.3 Å². The van der Waals surface area contributed by atoms with Crippen molar-refractivity contribution in [1.29, 1.82) is 0 Å². The number of rotatable bonds is 7. The summed E-state index contributed by atoms with van der Waals surface area (Å²) in [6.07, 6.45) is 1.82. The summed E-state index contributed by atoms with van der Waals surface area (Å²) in [7, 11) is 0. The molecule has 2 unspecified atom stereocenters. The topological polar surface area (TPSA) is 32.3 Å². The molecule has 1 aromatic carbocycles.